The molecule has 6 heteroatoms. The molecule has 0 bridgehead atoms. The molecule has 136 valence electrons. The number of benzene rings is 1. The minimum absolute atomic E-state index is 0.0768. The number of rotatable bonds is 2. The zero-order chi connectivity index (χ0) is 19.3. The van der Waals surface area contributed by atoms with Crippen molar-refractivity contribution in [3.05, 3.63) is 53.7 Å². The summed E-state index contributed by atoms with van der Waals surface area (Å²) in [6.07, 6.45) is 0. The zero-order valence-corrected chi connectivity index (χ0v) is 15.0. The average Bonchev–Trinajstić information content (AvgIpc) is 3.31. The van der Waals surface area contributed by atoms with Gasteiger partial charge in [0.05, 0.1) is 11.6 Å². The van der Waals surface area contributed by atoms with E-state index in [1.165, 1.54) is 0 Å². The van der Waals surface area contributed by atoms with Crippen LogP contribution in [0.5, 0.6) is 0 Å². The van der Waals surface area contributed by atoms with Crippen LogP contribution in [0.15, 0.2) is 42.5 Å². The van der Waals surface area contributed by atoms with E-state index < -0.39 is 11.5 Å². The van der Waals surface area contributed by atoms with Crippen LogP contribution in [0.1, 0.15) is 23.0 Å². The van der Waals surface area contributed by atoms with Crippen LogP contribution >= 0.6 is 0 Å². The standard InChI is InChI=1S/C21H19N3O3/c1-12-17-18(12)24(2)20(26)21(17,27)10-9-13-5-3-6-14(11-13)15-7-4-8-16(23-15)19(22)25/h3-8,11-12,17-18,27H,1-2H3,(H2,22,25)/p+1/t12-,17+,18-,21+/m1/s1. The van der Waals surface area contributed by atoms with Gasteiger partial charge in [-0.15, -0.1) is 0 Å². The van der Waals surface area contributed by atoms with Gasteiger partial charge in [0.25, 0.3) is 11.5 Å². The van der Waals surface area contributed by atoms with E-state index in [1.807, 2.05) is 31.2 Å². The van der Waals surface area contributed by atoms with Crippen LogP contribution in [0, 0.1) is 23.7 Å². The van der Waals surface area contributed by atoms with Gasteiger partial charge in [0.15, 0.2) is 6.04 Å². The highest BCUT2D eigenvalue weighted by Crippen LogP contribution is 2.52. The SMILES string of the molecule is C[C@H]1[C@@H]2[C@H]1[C@@](O)(C#Cc1cccc(-c3cccc(C(N)=O)n3)c1)C(O)=[N+]2C. The number of amides is 1. The molecule has 1 aromatic heterocycles. The summed E-state index contributed by atoms with van der Waals surface area (Å²) in [5.41, 5.74) is 6.05. The molecule has 1 aromatic carbocycles. The fraction of sp³-hybridized carbons (Fsp3) is 0.286. The predicted octanol–water partition coefficient (Wildman–Crippen LogP) is 1.18. The van der Waals surface area contributed by atoms with Gasteiger partial charge in [-0.1, -0.05) is 31.0 Å². The summed E-state index contributed by atoms with van der Waals surface area (Å²) >= 11 is 0. The first kappa shape index (κ1) is 17.3. The van der Waals surface area contributed by atoms with E-state index in [0.717, 1.165) is 5.56 Å². The van der Waals surface area contributed by atoms with Gasteiger partial charge in [-0.2, -0.15) is 4.58 Å². The molecule has 2 heterocycles. The molecule has 1 aliphatic heterocycles. The molecule has 1 fully saturated rings. The normalized spacial score (nSPS) is 28.3. The van der Waals surface area contributed by atoms with E-state index in [9.17, 15) is 15.0 Å². The monoisotopic (exact) mass is 362 g/mol. The molecular formula is C21H20N3O3+. The first-order valence-corrected chi connectivity index (χ1v) is 8.75. The van der Waals surface area contributed by atoms with Crippen molar-refractivity contribution >= 4 is 11.8 Å². The number of fused-ring (bicyclic) bond motifs is 1. The predicted molar refractivity (Wildman–Crippen MR) is 100 cm³/mol. The van der Waals surface area contributed by atoms with Crippen molar-refractivity contribution in [3.8, 4) is 23.1 Å². The van der Waals surface area contributed by atoms with Gasteiger partial charge in [0.2, 0.25) is 0 Å². The van der Waals surface area contributed by atoms with E-state index >= 15 is 0 Å². The maximum atomic E-state index is 11.3. The van der Waals surface area contributed by atoms with Gasteiger partial charge in [0.1, 0.15) is 12.7 Å². The highest BCUT2D eigenvalue weighted by atomic mass is 16.3. The van der Waals surface area contributed by atoms with Crippen molar-refractivity contribution in [1.29, 1.82) is 0 Å². The fourth-order valence-electron chi connectivity index (χ4n) is 4.02. The molecule has 0 unspecified atom stereocenters. The van der Waals surface area contributed by atoms with Crippen LogP contribution in [0.3, 0.4) is 0 Å². The number of nitrogens with two attached hydrogens (primary N) is 1. The molecule has 6 nitrogen and oxygen atoms in total. The molecule has 0 saturated heterocycles. The second-order valence-corrected chi connectivity index (χ2v) is 7.18. The lowest BCUT2D eigenvalue weighted by Crippen LogP contribution is -2.40. The van der Waals surface area contributed by atoms with Crippen molar-refractivity contribution in [2.24, 2.45) is 17.6 Å². The Morgan fingerprint density at radius 3 is 2.74 bits per heavy atom. The molecule has 0 spiro atoms. The third-order valence-corrected chi connectivity index (χ3v) is 5.49. The minimum atomic E-state index is -1.51. The summed E-state index contributed by atoms with van der Waals surface area (Å²) in [6.45, 7) is 2.04. The maximum absolute atomic E-state index is 11.3. The van der Waals surface area contributed by atoms with E-state index in [4.69, 9.17) is 5.73 Å². The number of primary amides is 1. The van der Waals surface area contributed by atoms with E-state index in [2.05, 4.69) is 16.8 Å². The molecule has 4 rings (SSSR count). The average molecular weight is 362 g/mol. The number of carbonyl (C=O) groups excluding carboxylic acids is 1. The van der Waals surface area contributed by atoms with Crippen LogP contribution in [0.25, 0.3) is 11.3 Å². The summed E-state index contributed by atoms with van der Waals surface area (Å²) in [6, 6.07) is 12.5. The van der Waals surface area contributed by atoms with Gasteiger partial charge in [-0.05, 0) is 30.2 Å². The minimum Gasteiger partial charge on any atom is -0.461 e. The number of hydrogen-bond donors (Lipinski definition) is 3. The van der Waals surface area contributed by atoms with Gasteiger partial charge >= 0.3 is 5.90 Å². The summed E-state index contributed by atoms with van der Waals surface area (Å²) in [7, 11) is 1.77. The van der Waals surface area contributed by atoms with Gasteiger partial charge in [-0.25, -0.2) is 4.98 Å². The van der Waals surface area contributed by atoms with Crippen molar-refractivity contribution in [1.82, 2.24) is 4.98 Å². The first-order chi connectivity index (χ1) is 12.8. The smallest absolute Gasteiger partial charge is 0.380 e. The molecule has 2 aromatic rings. The Bertz CT molecular complexity index is 1050. The Balaban J connectivity index is 1.67. The van der Waals surface area contributed by atoms with Gasteiger partial charge in [-0.3, -0.25) is 4.79 Å². The fourth-order valence-corrected chi connectivity index (χ4v) is 4.02. The van der Waals surface area contributed by atoms with Gasteiger partial charge in [0, 0.05) is 17.0 Å². The van der Waals surface area contributed by atoms with E-state index in [0.29, 0.717) is 11.3 Å². The highest BCUT2D eigenvalue weighted by Gasteiger charge is 2.74. The van der Waals surface area contributed by atoms with E-state index in [1.54, 1.807) is 29.8 Å². The van der Waals surface area contributed by atoms with Gasteiger partial charge < -0.3 is 15.9 Å². The Hall–Kier alpha value is -3.17. The molecular weight excluding hydrogens is 342 g/mol. The number of aromatic nitrogens is 1. The molecule has 0 radical (unpaired) electrons. The number of hydrogen-bond acceptors (Lipinski definition) is 3. The molecule has 1 saturated carbocycles. The third-order valence-electron chi connectivity index (χ3n) is 5.49. The molecule has 4 N–H and O–H groups in total. The summed E-state index contributed by atoms with van der Waals surface area (Å²) in [4.78, 5) is 15.6. The molecule has 1 aliphatic carbocycles. The number of aliphatic hydroxyl groups excluding tert-OH is 1. The molecule has 2 aliphatic rings. The van der Waals surface area contributed by atoms with Crippen LogP contribution in [-0.2, 0) is 0 Å². The van der Waals surface area contributed by atoms with Crippen molar-refractivity contribution in [3.63, 3.8) is 0 Å². The number of aliphatic hydroxyl groups is 2. The largest absolute Gasteiger partial charge is 0.461 e. The second-order valence-electron chi connectivity index (χ2n) is 7.18. The van der Waals surface area contributed by atoms with Crippen molar-refractivity contribution in [2.75, 3.05) is 7.05 Å². The summed E-state index contributed by atoms with van der Waals surface area (Å²) in [5.74, 6) is 5.38. The number of carbonyl (C=O) groups is 1. The Morgan fingerprint density at radius 1 is 1.30 bits per heavy atom. The van der Waals surface area contributed by atoms with Crippen molar-refractivity contribution in [2.45, 2.75) is 18.6 Å². The molecule has 4 atom stereocenters. The Morgan fingerprint density at radius 2 is 2.04 bits per heavy atom. The van der Waals surface area contributed by atoms with Crippen molar-refractivity contribution < 1.29 is 19.6 Å². The Kier molecular flexibility index (Phi) is 3.79. The number of pyridine rings is 1. The summed E-state index contributed by atoms with van der Waals surface area (Å²) in [5, 5.41) is 21.2. The molecule has 27 heavy (non-hydrogen) atoms. The van der Waals surface area contributed by atoms with E-state index in [-0.39, 0.29) is 29.5 Å². The lowest BCUT2D eigenvalue weighted by molar-refractivity contribution is -0.519. The summed E-state index contributed by atoms with van der Waals surface area (Å²) < 4.78 is 1.71. The second kappa shape index (κ2) is 5.93. The quantitative estimate of drug-likeness (QED) is 0.552. The molecule has 1 amide bonds. The lowest BCUT2D eigenvalue weighted by atomic mass is 9.97. The zero-order valence-electron chi connectivity index (χ0n) is 15.0. The van der Waals surface area contributed by atoms with Crippen LogP contribution in [0.2, 0.25) is 0 Å². The number of nitrogens with zero attached hydrogens (tertiary/aromatic N) is 2. The maximum Gasteiger partial charge on any atom is 0.380 e. The van der Waals surface area contributed by atoms with Crippen LogP contribution in [-0.4, -0.2) is 50.3 Å². The Labute approximate surface area is 157 Å². The lowest BCUT2D eigenvalue weighted by Gasteiger charge is -2.12. The van der Waals surface area contributed by atoms with Crippen LogP contribution < -0.4 is 5.73 Å². The highest BCUT2D eigenvalue weighted by molar-refractivity contribution is 5.91. The first-order valence-electron chi connectivity index (χ1n) is 8.75. The van der Waals surface area contributed by atoms with Crippen LogP contribution in [0.4, 0.5) is 0 Å². The topological polar surface area (TPSA) is 99.5 Å². The third kappa shape index (κ3) is 2.68.